The summed E-state index contributed by atoms with van der Waals surface area (Å²) in [5, 5.41) is 5.04. The predicted octanol–water partition coefficient (Wildman–Crippen LogP) is 3.69. The highest BCUT2D eigenvalue weighted by molar-refractivity contribution is 6.35. The zero-order valence-corrected chi connectivity index (χ0v) is 12.7. The molecule has 0 bridgehead atoms. The van der Waals surface area contributed by atoms with Crippen LogP contribution in [0.4, 0.5) is 0 Å². The molecule has 3 nitrogen and oxygen atoms in total. The van der Waals surface area contributed by atoms with E-state index in [0.717, 1.165) is 41.4 Å². The van der Waals surface area contributed by atoms with Crippen LogP contribution in [0.2, 0.25) is 5.02 Å². The van der Waals surface area contributed by atoms with Gasteiger partial charge in [0.1, 0.15) is 11.3 Å². The number of hydrogen-bond acceptors (Lipinski definition) is 3. The van der Waals surface area contributed by atoms with Gasteiger partial charge in [0.2, 0.25) is 0 Å². The molecule has 0 spiro atoms. The number of piperidine rings is 1. The van der Waals surface area contributed by atoms with Crippen LogP contribution in [0.3, 0.4) is 0 Å². The average molecular weight is 313 g/mol. The van der Waals surface area contributed by atoms with E-state index in [1.54, 1.807) is 6.20 Å². The normalized spacial score (nSPS) is 15.8. The number of ether oxygens (including phenoxy) is 1. The molecular weight excluding hydrogens is 295 g/mol. The molecule has 0 atom stereocenters. The van der Waals surface area contributed by atoms with E-state index >= 15 is 0 Å². The Bertz CT molecular complexity index is 571. The number of rotatable bonds is 3. The van der Waals surface area contributed by atoms with Gasteiger partial charge in [-0.25, -0.2) is 0 Å². The molecule has 108 valence electrons. The quantitative estimate of drug-likeness (QED) is 0.938. The summed E-state index contributed by atoms with van der Waals surface area (Å²) in [4.78, 5) is 4.38. The van der Waals surface area contributed by atoms with Crippen molar-refractivity contribution in [1.82, 2.24) is 10.3 Å². The van der Waals surface area contributed by atoms with Crippen LogP contribution in [0.1, 0.15) is 12.8 Å². The Hall–Kier alpha value is -1.03. The summed E-state index contributed by atoms with van der Waals surface area (Å²) >= 11 is 6.17. The van der Waals surface area contributed by atoms with Crippen molar-refractivity contribution in [2.45, 2.75) is 12.8 Å². The van der Waals surface area contributed by atoms with E-state index in [1.165, 1.54) is 12.8 Å². The topological polar surface area (TPSA) is 34.1 Å². The van der Waals surface area contributed by atoms with Crippen LogP contribution in [0.15, 0.2) is 30.5 Å². The van der Waals surface area contributed by atoms with Crippen LogP contribution in [0, 0.1) is 5.92 Å². The molecule has 1 aliphatic rings. The molecule has 1 N–H and O–H groups in total. The third kappa shape index (κ3) is 3.35. The summed E-state index contributed by atoms with van der Waals surface area (Å²) in [6, 6.07) is 7.66. The predicted molar refractivity (Wildman–Crippen MR) is 85.1 cm³/mol. The highest BCUT2D eigenvalue weighted by Gasteiger charge is 2.14. The van der Waals surface area contributed by atoms with Gasteiger partial charge < -0.3 is 10.1 Å². The van der Waals surface area contributed by atoms with Crippen molar-refractivity contribution in [3.8, 4) is 5.75 Å². The van der Waals surface area contributed by atoms with E-state index in [1.807, 2.05) is 24.3 Å². The van der Waals surface area contributed by atoms with E-state index in [-0.39, 0.29) is 12.4 Å². The van der Waals surface area contributed by atoms with Crippen LogP contribution in [-0.2, 0) is 0 Å². The molecule has 2 aromatic rings. The lowest BCUT2D eigenvalue weighted by molar-refractivity contribution is 0.217. The minimum atomic E-state index is 0. The summed E-state index contributed by atoms with van der Waals surface area (Å²) in [6.07, 6.45) is 4.13. The minimum Gasteiger partial charge on any atom is -0.491 e. The van der Waals surface area contributed by atoms with Crippen LogP contribution >= 0.6 is 24.0 Å². The Balaban J connectivity index is 0.00000147. The summed E-state index contributed by atoms with van der Waals surface area (Å²) in [7, 11) is 0. The van der Waals surface area contributed by atoms with Crippen molar-refractivity contribution in [3.05, 3.63) is 35.5 Å². The Morgan fingerprint density at radius 2 is 2.05 bits per heavy atom. The van der Waals surface area contributed by atoms with Gasteiger partial charge in [0.25, 0.3) is 0 Å². The first kappa shape index (κ1) is 15.4. The van der Waals surface area contributed by atoms with Crippen molar-refractivity contribution in [1.29, 1.82) is 0 Å². The molecule has 2 heterocycles. The van der Waals surface area contributed by atoms with Gasteiger partial charge in [-0.1, -0.05) is 11.6 Å². The molecule has 1 fully saturated rings. The largest absolute Gasteiger partial charge is 0.491 e. The first-order valence-corrected chi connectivity index (χ1v) is 7.09. The Kier molecular flexibility index (Phi) is 5.46. The second kappa shape index (κ2) is 7.11. The number of hydrogen-bond donors (Lipinski definition) is 1. The van der Waals surface area contributed by atoms with Gasteiger partial charge in [-0.15, -0.1) is 12.4 Å². The molecule has 1 saturated heterocycles. The van der Waals surface area contributed by atoms with Crippen LogP contribution in [-0.4, -0.2) is 24.7 Å². The molecule has 20 heavy (non-hydrogen) atoms. The molecule has 0 radical (unpaired) electrons. The van der Waals surface area contributed by atoms with Gasteiger partial charge in [0.05, 0.1) is 11.6 Å². The number of nitrogens with one attached hydrogen (secondary N) is 1. The molecule has 0 unspecified atom stereocenters. The van der Waals surface area contributed by atoms with E-state index in [2.05, 4.69) is 10.3 Å². The van der Waals surface area contributed by atoms with Gasteiger partial charge in [-0.05, 0) is 56.1 Å². The minimum absolute atomic E-state index is 0. The third-order valence-electron chi connectivity index (χ3n) is 3.61. The average Bonchev–Trinajstić information content (AvgIpc) is 2.48. The highest BCUT2D eigenvalue weighted by atomic mass is 35.5. The number of nitrogens with zero attached hydrogens (tertiary/aromatic N) is 1. The maximum Gasteiger partial charge on any atom is 0.145 e. The van der Waals surface area contributed by atoms with E-state index in [9.17, 15) is 0 Å². The molecule has 1 aliphatic heterocycles. The van der Waals surface area contributed by atoms with Gasteiger partial charge in [-0.3, -0.25) is 4.98 Å². The fraction of sp³-hybridized carbons (Fsp3) is 0.400. The van der Waals surface area contributed by atoms with Crippen LogP contribution < -0.4 is 10.1 Å². The van der Waals surface area contributed by atoms with Crippen LogP contribution in [0.25, 0.3) is 10.9 Å². The van der Waals surface area contributed by atoms with Crippen molar-refractivity contribution in [2.24, 2.45) is 5.92 Å². The van der Waals surface area contributed by atoms with E-state index in [0.29, 0.717) is 5.92 Å². The molecule has 0 aliphatic carbocycles. The van der Waals surface area contributed by atoms with Crippen molar-refractivity contribution >= 4 is 34.9 Å². The Labute approximate surface area is 130 Å². The van der Waals surface area contributed by atoms with Gasteiger partial charge in [0, 0.05) is 11.6 Å². The second-order valence-electron chi connectivity index (χ2n) is 4.95. The van der Waals surface area contributed by atoms with Gasteiger partial charge in [-0.2, -0.15) is 0 Å². The number of benzene rings is 1. The van der Waals surface area contributed by atoms with Crippen molar-refractivity contribution in [2.75, 3.05) is 19.7 Å². The van der Waals surface area contributed by atoms with E-state index in [4.69, 9.17) is 16.3 Å². The summed E-state index contributed by atoms with van der Waals surface area (Å²) < 4.78 is 5.96. The zero-order valence-electron chi connectivity index (χ0n) is 11.1. The Morgan fingerprint density at radius 3 is 2.85 bits per heavy atom. The maximum absolute atomic E-state index is 6.17. The number of aromatic nitrogens is 1. The molecule has 3 rings (SSSR count). The molecule has 0 amide bonds. The number of halogens is 2. The number of fused-ring (bicyclic) bond motifs is 1. The van der Waals surface area contributed by atoms with Crippen molar-refractivity contribution < 1.29 is 4.74 Å². The maximum atomic E-state index is 6.17. The fourth-order valence-corrected chi connectivity index (χ4v) is 2.70. The van der Waals surface area contributed by atoms with Gasteiger partial charge >= 0.3 is 0 Å². The standard InChI is InChI=1S/C15H17ClN2O.ClH/c16-13-3-4-14(15-12(13)2-1-7-18-15)19-10-11-5-8-17-9-6-11;/h1-4,7,11,17H,5-6,8-10H2;1H. The van der Waals surface area contributed by atoms with Crippen molar-refractivity contribution in [3.63, 3.8) is 0 Å². The highest BCUT2D eigenvalue weighted by Crippen LogP contribution is 2.30. The van der Waals surface area contributed by atoms with Crippen LogP contribution in [0.5, 0.6) is 5.75 Å². The first-order chi connectivity index (χ1) is 9.34. The number of pyridine rings is 1. The molecule has 1 aromatic carbocycles. The summed E-state index contributed by atoms with van der Waals surface area (Å²) in [6.45, 7) is 2.94. The fourth-order valence-electron chi connectivity index (χ4n) is 2.48. The monoisotopic (exact) mass is 312 g/mol. The molecule has 1 aromatic heterocycles. The zero-order chi connectivity index (χ0) is 13.1. The van der Waals surface area contributed by atoms with Gasteiger partial charge in [0.15, 0.2) is 0 Å². The SMILES string of the molecule is Cl.Clc1ccc(OCC2CCNCC2)c2ncccc12. The second-order valence-corrected chi connectivity index (χ2v) is 5.36. The summed E-state index contributed by atoms with van der Waals surface area (Å²) in [5.74, 6) is 1.47. The lowest BCUT2D eigenvalue weighted by Crippen LogP contribution is -2.30. The lowest BCUT2D eigenvalue weighted by Gasteiger charge is -2.22. The molecule has 0 saturated carbocycles. The smallest absolute Gasteiger partial charge is 0.145 e. The first-order valence-electron chi connectivity index (χ1n) is 6.71. The molecular formula is C15H18Cl2N2O. The molecule has 5 heteroatoms. The Morgan fingerprint density at radius 1 is 1.25 bits per heavy atom. The lowest BCUT2D eigenvalue weighted by atomic mass is 9.99. The summed E-state index contributed by atoms with van der Waals surface area (Å²) in [5.41, 5.74) is 0.851. The van der Waals surface area contributed by atoms with E-state index < -0.39 is 0 Å². The third-order valence-corrected chi connectivity index (χ3v) is 3.94.